The minimum atomic E-state index is -0.219. The van der Waals surface area contributed by atoms with Gasteiger partial charge in [0, 0.05) is 18.0 Å². The molecular weight excluding hydrogens is 380 g/mol. The number of para-hydroxylation sites is 2. The largest absolute Gasteiger partial charge is 0.493 e. The average Bonchev–Trinajstić information content (AvgIpc) is 3.10. The van der Waals surface area contributed by atoms with Crippen molar-refractivity contribution >= 4 is 17.2 Å². The Labute approximate surface area is 174 Å². The number of carbonyl (C=O) groups excluding carboxylic acids is 1. The number of imidazole rings is 1. The third-order valence-electron chi connectivity index (χ3n) is 4.83. The fourth-order valence-corrected chi connectivity index (χ4v) is 3.21. The van der Waals surface area contributed by atoms with Crippen LogP contribution < -0.4 is 14.8 Å². The summed E-state index contributed by atoms with van der Waals surface area (Å²) in [6.45, 7) is 4.07. The van der Waals surface area contributed by atoms with Crippen LogP contribution in [-0.4, -0.2) is 27.4 Å². The zero-order chi connectivity index (χ0) is 21.1. The monoisotopic (exact) mass is 402 g/mol. The van der Waals surface area contributed by atoms with Gasteiger partial charge in [0.05, 0.1) is 30.3 Å². The molecule has 7 nitrogen and oxygen atoms in total. The first-order valence-electron chi connectivity index (χ1n) is 9.65. The molecule has 0 saturated carbocycles. The third kappa shape index (κ3) is 3.82. The first kappa shape index (κ1) is 19.4. The Kier molecular flexibility index (Phi) is 5.34. The molecule has 0 bridgehead atoms. The van der Waals surface area contributed by atoms with Crippen LogP contribution in [0.3, 0.4) is 0 Å². The van der Waals surface area contributed by atoms with Crippen molar-refractivity contribution in [3.63, 3.8) is 0 Å². The van der Waals surface area contributed by atoms with Crippen molar-refractivity contribution in [2.75, 3.05) is 12.4 Å². The number of hydrogen-bond acceptors (Lipinski definition) is 5. The number of pyridine rings is 2. The predicted octanol–water partition coefficient (Wildman–Crippen LogP) is 4.65. The van der Waals surface area contributed by atoms with E-state index in [1.54, 1.807) is 43.8 Å². The highest BCUT2D eigenvalue weighted by molar-refractivity contribution is 6.04. The van der Waals surface area contributed by atoms with Crippen molar-refractivity contribution in [3.05, 3.63) is 77.9 Å². The van der Waals surface area contributed by atoms with E-state index in [1.807, 2.05) is 35.6 Å². The van der Waals surface area contributed by atoms with E-state index in [4.69, 9.17) is 9.47 Å². The van der Waals surface area contributed by atoms with E-state index in [0.717, 1.165) is 23.5 Å². The van der Waals surface area contributed by atoms with Gasteiger partial charge in [0.15, 0.2) is 11.5 Å². The van der Waals surface area contributed by atoms with Crippen molar-refractivity contribution in [3.8, 4) is 17.4 Å². The number of aryl methyl sites for hydroxylation is 2. The van der Waals surface area contributed by atoms with Crippen LogP contribution in [0.15, 0.2) is 60.9 Å². The van der Waals surface area contributed by atoms with E-state index in [-0.39, 0.29) is 5.91 Å². The molecule has 0 aliphatic heterocycles. The van der Waals surface area contributed by atoms with Crippen LogP contribution in [0.25, 0.3) is 5.65 Å². The molecule has 1 N–H and O–H groups in total. The first-order valence-corrected chi connectivity index (χ1v) is 9.65. The molecule has 0 spiro atoms. The van der Waals surface area contributed by atoms with Gasteiger partial charge in [-0.3, -0.25) is 4.79 Å². The molecule has 0 aliphatic rings. The first-order chi connectivity index (χ1) is 14.6. The number of ether oxygens (including phenoxy) is 2. The fraction of sp³-hybridized carbons (Fsp3) is 0.174. The standard InChI is InChI=1S/C23H22N4O3/c1-4-18-15(2)27-14-16(9-11-21(27)26-18)23(28)25-17-10-12-22(24-13-17)30-20-8-6-5-7-19(20)29-3/h5-14H,4H2,1-3H3,(H,25,28). The fourth-order valence-electron chi connectivity index (χ4n) is 3.21. The van der Waals surface area contributed by atoms with Gasteiger partial charge >= 0.3 is 0 Å². The van der Waals surface area contributed by atoms with E-state index in [9.17, 15) is 4.79 Å². The topological polar surface area (TPSA) is 77.8 Å². The molecule has 0 saturated heterocycles. The summed E-state index contributed by atoms with van der Waals surface area (Å²) in [5.74, 6) is 1.37. The van der Waals surface area contributed by atoms with Crippen molar-refractivity contribution in [1.29, 1.82) is 0 Å². The van der Waals surface area contributed by atoms with E-state index < -0.39 is 0 Å². The van der Waals surface area contributed by atoms with Crippen molar-refractivity contribution in [2.24, 2.45) is 0 Å². The lowest BCUT2D eigenvalue weighted by molar-refractivity contribution is 0.102. The summed E-state index contributed by atoms with van der Waals surface area (Å²) in [5.41, 5.74) is 4.02. The number of methoxy groups -OCH3 is 1. The second-order valence-corrected chi connectivity index (χ2v) is 6.74. The van der Waals surface area contributed by atoms with Gasteiger partial charge in [-0.25, -0.2) is 9.97 Å². The molecule has 1 aromatic carbocycles. The van der Waals surface area contributed by atoms with Crippen LogP contribution >= 0.6 is 0 Å². The Bertz CT molecular complexity index is 1200. The molecular formula is C23H22N4O3. The van der Waals surface area contributed by atoms with Crippen molar-refractivity contribution in [2.45, 2.75) is 20.3 Å². The number of fused-ring (bicyclic) bond motifs is 1. The second kappa shape index (κ2) is 8.24. The molecule has 4 aromatic rings. The molecule has 0 fully saturated rings. The molecule has 3 aromatic heterocycles. The summed E-state index contributed by atoms with van der Waals surface area (Å²) in [7, 11) is 1.58. The van der Waals surface area contributed by atoms with Gasteiger partial charge in [-0.1, -0.05) is 19.1 Å². The van der Waals surface area contributed by atoms with Crippen molar-refractivity contribution in [1.82, 2.24) is 14.4 Å². The Morgan fingerprint density at radius 2 is 1.90 bits per heavy atom. The van der Waals surface area contributed by atoms with Crippen LogP contribution in [0.2, 0.25) is 0 Å². The zero-order valence-corrected chi connectivity index (χ0v) is 17.0. The Balaban J connectivity index is 1.48. The number of rotatable bonds is 6. The van der Waals surface area contributed by atoms with Gasteiger partial charge in [0.25, 0.3) is 5.91 Å². The summed E-state index contributed by atoms with van der Waals surface area (Å²) in [6.07, 6.45) is 4.21. The van der Waals surface area contributed by atoms with Crippen molar-refractivity contribution < 1.29 is 14.3 Å². The smallest absolute Gasteiger partial charge is 0.257 e. The van der Waals surface area contributed by atoms with Crippen LogP contribution in [0, 0.1) is 6.92 Å². The molecule has 7 heteroatoms. The van der Waals surface area contributed by atoms with Crippen LogP contribution in [0.4, 0.5) is 5.69 Å². The predicted molar refractivity (Wildman–Crippen MR) is 115 cm³/mol. The lowest BCUT2D eigenvalue weighted by Gasteiger charge is -2.10. The maximum Gasteiger partial charge on any atom is 0.257 e. The minimum absolute atomic E-state index is 0.219. The molecule has 3 heterocycles. The minimum Gasteiger partial charge on any atom is -0.493 e. The number of anilines is 1. The average molecular weight is 402 g/mol. The molecule has 0 atom stereocenters. The summed E-state index contributed by atoms with van der Waals surface area (Å²) < 4.78 is 13.0. The maximum absolute atomic E-state index is 12.7. The molecule has 152 valence electrons. The number of nitrogens with one attached hydrogen (secondary N) is 1. The molecule has 1 amide bonds. The third-order valence-corrected chi connectivity index (χ3v) is 4.83. The van der Waals surface area contributed by atoms with Crippen LogP contribution in [0.5, 0.6) is 17.4 Å². The zero-order valence-electron chi connectivity index (χ0n) is 17.0. The van der Waals surface area contributed by atoms with Crippen LogP contribution in [-0.2, 0) is 6.42 Å². The van der Waals surface area contributed by atoms with E-state index >= 15 is 0 Å². The Morgan fingerprint density at radius 3 is 2.60 bits per heavy atom. The van der Waals surface area contributed by atoms with Gasteiger partial charge in [-0.15, -0.1) is 0 Å². The highest BCUT2D eigenvalue weighted by Crippen LogP contribution is 2.30. The summed E-state index contributed by atoms with van der Waals surface area (Å²) in [6, 6.07) is 14.4. The lowest BCUT2D eigenvalue weighted by atomic mass is 10.2. The quantitative estimate of drug-likeness (QED) is 0.508. The number of hydrogen-bond donors (Lipinski definition) is 1. The number of carbonyl (C=O) groups is 1. The molecule has 0 radical (unpaired) electrons. The normalized spacial score (nSPS) is 10.8. The highest BCUT2D eigenvalue weighted by Gasteiger charge is 2.12. The number of aromatic nitrogens is 3. The van der Waals surface area contributed by atoms with Gasteiger partial charge in [-0.2, -0.15) is 0 Å². The summed E-state index contributed by atoms with van der Waals surface area (Å²) in [4.78, 5) is 21.5. The number of amides is 1. The number of benzene rings is 1. The van der Waals surface area contributed by atoms with E-state index in [2.05, 4.69) is 22.2 Å². The van der Waals surface area contributed by atoms with Gasteiger partial charge in [0.2, 0.25) is 5.88 Å². The Hall–Kier alpha value is -3.87. The molecule has 0 unspecified atom stereocenters. The SMILES string of the molecule is CCc1nc2ccc(C(=O)Nc3ccc(Oc4ccccc4OC)nc3)cn2c1C. The maximum atomic E-state index is 12.7. The highest BCUT2D eigenvalue weighted by atomic mass is 16.5. The number of nitrogens with zero attached hydrogens (tertiary/aromatic N) is 3. The molecule has 30 heavy (non-hydrogen) atoms. The molecule has 4 rings (SSSR count). The molecule has 0 aliphatic carbocycles. The van der Waals surface area contributed by atoms with E-state index in [1.165, 1.54) is 0 Å². The second-order valence-electron chi connectivity index (χ2n) is 6.74. The van der Waals surface area contributed by atoms with Gasteiger partial charge in [0.1, 0.15) is 5.65 Å². The van der Waals surface area contributed by atoms with Gasteiger partial charge in [-0.05, 0) is 43.7 Å². The van der Waals surface area contributed by atoms with E-state index in [0.29, 0.717) is 28.6 Å². The summed E-state index contributed by atoms with van der Waals surface area (Å²) in [5, 5.41) is 2.86. The Morgan fingerprint density at radius 1 is 1.10 bits per heavy atom. The lowest BCUT2D eigenvalue weighted by Crippen LogP contribution is -2.13. The van der Waals surface area contributed by atoms with Crippen LogP contribution in [0.1, 0.15) is 28.7 Å². The van der Waals surface area contributed by atoms with Gasteiger partial charge < -0.3 is 19.2 Å². The summed E-state index contributed by atoms with van der Waals surface area (Å²) >= 11 is 0.